The van der Waals surface area contributed by atoms with Gasteiger partial charge < -0.3 is 19.7 Å². The minimum Gasteiger partial charge on any atom is -0.360 e. The number of amides is 2. The summed E-state index contributed by atoms with van der Waals surface area (Å²) in [5.74, 6) is -0.174. The predicted molar refractivity (Wildman–Crippen MR) is 96.4 cm³/mol. The molecule has 3 aromatic heterocycles. The summed E-state index contributed by atoms with van der Waals surface area (Å²) < 4.78 is 11.7. The van der Waals surface area contributed by atoms with E-state index in [9.17, 15) is 9.59 Å². The van der Waals surface area contributed by atoms with E-state index in [4.69, 9.17) is 9.05 Å². The van der Waals surface area contributed by atoms with Crippen molar-refractivity contribution in [2.45, 2.75) is 47.2 Å². The molecule has 2 amide bonds. The lowest BCUT2D eigenvalue weighted by Gasteiger charge is -2.04. The summed E-state index contributed by atoms with van der Waals surface area (Å²) in [5.41, 5.74) is 2.79. The van der Waals surface area contributed by atoms with Crippen LogP contribution in [0, 0.1) is 20.8 Å². The summed E-state index contributed by atoms with van der Waals surface area (Å²) in [5, 5.41) is 17.0. The van der Waals surface area contributed by atoms with E-state index in [-0.39, 0.29) is 18.1 Å². The maximum absolute atomic E-state index is 12.3. The quantitative estimate of drug-likeness (QED) is 0.618. The SMILES string of the molecule is CCn1nc(C)c(CNC(=O)c2nc(CC(=O)Nc3cc(C)on3)no2)c1C. The lowest BCUT2D eigenvalue weighted by molar-refractivity contribution is -0.115. The van der Waals surface area contributed by atoms with Gasteiger partial charge in [-0.25, -0.2) is 0 Å². The fraction of sp³-hybridized carbons (Fsp3) is 0.412. The average molecular weight is 387 g/mol. The van der Waals surface area contributed by atoms with Crippen molar-refractivity contribution in [3.05, 3.63) is 40.5 Å². The highest BCUT2D eigenvalue weighted by Crippen LogP contribution is 2.13. The molecule has 0 unspecified atom stereocenters. The molecule has 11 nitrogen and oxygen atoms in total. The molecular formula is C17H21N7O4. The van der Waals surface area contributed by atoms with Gasteiger partial charge in [0.1, 0.15) is 5.76 Å². The number of carbonyl (C=O) groups is 2. The zero-order valence-corrected chi connectivity index (χ0v) is 16.1. The van der Waals surface area contributed by atoms with E-state index in [1.807, 2.05) is 25.5 Å². The van der Waals surface area contributed by atoms with E-state index < -0.39 is 11.8 Å². The number of nitrogens with one attached hydrogen (secondary N) is 2. The first-order valence-electron chi connectivity index (χ1n) is 8.74. The van der Waals surface area contributed by atoms with Crippen LogP contribution < -0.4 is 10.6 Å². The van der Waals surface area contributed by atoms with Crippen molar-refractivity contribution in [3.63, 3.8) is 0 Å². The van der Waals surface area contributed by atoms with Crippen LogP contribution in [-0.2, 0) is 24.3 Å². The monoisotopic (exact) mass is 387 g/mol. The van der Waals surface area contributed by atoms with Crippen molar-refractivity contribution in [1.29, 1.82) is 0 Å². The minimum atomic E-state index is -0.519. The summed E-state index contributed by atoms with van der Waals surface area (Å²) in [4.78, 5) is 28.2. The molecule has 0 aliphatic rings. The Kier molecular flexibility index (Phi) is 5.52. The molecule has 0 bridgehead atoms. The molecule has 0 spiro atoms. The maximum atomic E-state index is 12.3. The van der Waals surface area contributed by atoms with E-state index in [1.54, 1.807) is 13.0 Å². The summed E-state index contributed by atoms with van der Waals surface area (Å²) in [6.45, 7) is 8.60. The normalized spacial score (nSPS) is 10.9. The number of nitrogens with zero attached hydrogens (tertiary/aromatic N) is 5. The third-order valence-electron chi connectivity index (χ3n) is 4.13. The van der Waals surface area contributed by atoms with Crippen LogP contribution in [0.15, 0.2) is 15.1 Å². The first-order valence-corrected chi connectivity index (χ1v) is 8.74. The number of anilines is 1. The highest BCUT2D eigenvalue weighted by molar-refractivity contribution is 5.91. The van der Waals surface area contributed by atoms with Crippen LogP contribution in [0.2, 0.25) is 0 Å². The van der Waals surface area contributed by atoms with Crippen LogP contribution in [0.4, 0.5) is 5.82 Å². The summed E-state index contributed by atoms with van der Waals surface area (Å²) >= 11 is 0. The number of hydrogen-bond acceptors (Lipinski definition) is 8. The van der Waals surface area contributed by atoms with Gasteiger partial charge in [0.05, 0.1) is 12.1 Å². The van der Waals surface area contributed by atoms with Gasteiger partial charge in [-0.3, -0.25) is 14.3 Å². The third kappa shape index (κ3) is 4.24. The zero-order chi connectivity index (χ0) is 20.3. The first-order chi connectivity index (χ1) is 13.4. The fourth-order valence-corrected chi connectivity index (χ4v) is 2.72. The lowest BCUT2D eigenvalue weighted by atomic mass is 10.2. The highest BCUT2D eigenvalue weighted by Gasteiger charge is 2.19. The Balaban J connectivity index is 1.56. The maximum Gasteiger partial charge on any atom is 0.315 e. The molecule has 0 radical (unpaired) electrons. The van der Waals surface area contributed by atoms with Crippen LogP contribution in [0.5, 0.6) is 0 Å². The van der Waals surface area contributed by atoms with Crippen molar-refractivity contribution in [1.82, 2.24) is 30.4 Å². The molecule has 3 aromatic rings. The van der Waals surface area contributed by atoms with Crippen LogP contribution in [0.25, 0.3) is 0 Å². The third-order valence-corrected chi connectivity index (χ3v) is 4.13. The standard InChI is InChI=1S/C17H21N7O4/c1-5-24-11(4)12(10(3)21-24)8-18-16(26)17-20-14(23-28-17)7-15(25)19-13-6-9(2)27-22-13/h6H,5,7-8H2,1-4H3,(H,18,26)(H,19,22,25). The van der Waals surface area contributed by atoms with Gasteiger partial charge in [0, 0.05) is 30.4 Å². The van der Waals surface area contributed by atoms with Gasteiger partial charge in [-0.15, -0.1) is 0 Å². The number of aromatic nitrogens is 5. The first kappa shape index (κ1) is 19.3. The summed E-state index contributed by atoms with van der Waals surface area (Å²) in [6, 6.07) is 1.58. The number of aryl methyl sites for hydroxylation is 3. The molecule has 0 aromatic carbocycles. The Hall–Kier alpha value is -3.50. The topological polar surface area (TPSA) is 141 Å². The second-order valence-corrected chi connectivity index (χ2v) is 6.21. The summed E-state index contributed by atoms with van der Waals surface area (Å²) in [6.07, 6.45) is -0.163. The molecule has 3 rings (SSSR count). The molecular weight excluding hydrogens is 366 g/mol. The smallest absolute Gasteiger partial charge is 0.315 e. The predicted octanol–water partition coefficient (Wildman–Crippen LogP) is 1.31. The number of rotatable bonds is 7. The van der Waals surface area contributed by atoms with Gasteiger partial charge in [0.25, 0.3) is 0 Å². The molecule has 148 valence electrons. The Morgan fingerprint density at radius 1 is 1.18 bits per heavy atom. The second-order valence-electron chi connectivity index (χ2n) is 6.21. The van der Waals surface area contributed by atoms with E-state index in [1.165, 1.54) is 0 Å². The molecule has 0 saturated carbocycles. The molecule has 0 aliphatic heterocycles. The van der Waals surface area contributed by atoms with Crippen LogP contribution >= 0.6 is 0 Å². The van der Waals surface area contributed by atoms with Gasteiger partial charge in [0.15, 0.2) is 11.6 Å². The van der Waals surface area contributed by atoms with Crippen molar-refractivity contribution in [2.75, 3.05) is 5.32 Å². The Labute approximate surface area is 160 Å². The van der Waals surface area contributed by atoms with Gasteiger partial charge in [-0.2, -0.15) is 10.1 Å². The molecule has 0 aliphatic carbocycles. The zero-order valence-electron chi connectivity index (χ0n) is 16.1. The molecule has 2 N–H and O–H groups in total. The van der Waals surface area contributed by atoms with Gasteiger partial charge >= 0.3 is 11.8 Å². The fourth-order valence-electron chi connectivity index (χ4n) is 2.72. The van der Waals surface area contributed by atoms with E-state index in [0.29, 0.717) is 18.1 Å². The highest BCUT2D eigenvalue weighted by atomic mass is 16.5. The molecule has 0 saturated heterocycles. The molecule has 0 fully saturated rings. The van der Waals surface area contributed by atoms with Crippen molar-refractivity contribution < 1.29 is 18.6 Å². The van der Waals surface area contributed by atoms with Crippen molar-refractivity contribution >= 4 is 17.6 Å². The Morgan fingerprint density at radius 3 is 2.61 bits per heavy atom. The van der Waals surface area contributed by atoms with Crippen LogP contribution in [0.1, 0.15) is 46.1 Å². The Bertz CT molecular complexity index is 1000. The van der Waals surface area contributed by atoms with Crippen molar-refractivity contribution in [3.8, 4) is 0 Å². The minimum absolute atomic E-state index is 0.0917. The van der Waals surface area contributed by atoms with Crippen molar-refractivity contribution in [2.24, 2.45) is 0 Å². The number of hydrogen-bond donors (Lipinski definition) is 2. The molecule has 3 heterocycles. The van der Waals surface area contributed by atoms with E-state index >= 15 is 0 Å². The van der Waals surface area contributed by atoms with Crippen LogP contribution in [-0.4, -0.2) is 36.9 Å². The van der Waals surface area contributed by atoms with E-state index in [0.717, 1.165) is 23.5 Å². The summed E-state index contributed by atoms with van der Waals surface area (Å²) in [7, 11) is 0. The second kappa shape index (κ2) is 8.03. The lowest BCUT2D eigenvalue weighted by Crippen LogP contribution is -2.24. The average Bonchev–Trinajstić information content (AvgIpc) is 3.34. The van der Waals surface area contributed by atoms with Gasteiger partial charge in [-0.05, 0) is 27.7 Å². The Morgan fingerprint density at radius 2 is 1.96 bits per heavy atom. The van der Waals surface area contributed by atoms with E-state index in [2.05, 4.69) is 31.0 Å². The molecule has 0 atom stereocenters. The van der Waals surface area contributed by atoms with Crippen LogP contribution in [0.3, 0.4) is 0 Å². The number of carbonyl (C=O) groups excluding carboxylic acids is 2. The molecule has 28 heavy (non-hydrogen) atoms. The largest absolute Gasteiger partial charge is 0.360 e. The molecule has 11 heteroatoms. The van der Waals surface area contributed by atoms with Gasteiger partial charge in [0.2, 0.25) is 5.91 Å². The van der Waals surface area contributed by atoms with Gasteiger partial charge in [-0.1, -0.05) is 10.3 Å².